The first-order valence-electron chi connectivity index (χ1n) is 11.6. The van der Waals surface area contributed by atoms with Gasteiger partial charge in [-0.15, -0.1) is 24.0 Å². The molecule has 2 N–H and O–H groups in total. The zero-order valence-electron chi connectivity index (χ0n) is 19.7. The predicted octanol–water partition coefficient (Wildman–Crippen LogP) is 3.31. The first-order chi connectivity index (χ1) is 14.6. The Hall–Kier alpha value is -0.900. The quantitative estimate of drug-likeness (QED) is 0.270. The van der Waals surface area contributed by atoms with E-state index in [-0.39, 0.29) is 24.0 Å². The van der Waals surface area contributed by atoms with Crippen LogP contribution >= 0.6 is 24.0 Å². The van der Waals surface area contributed by atoms with Crippen LogP contribution in [0, 0.1) is 5.41 Å². The number of nitrogens with one attached hydrogen (secondary N) is 2. The van der Waals surface area contributed by atoms with Gasteiger partial charge >= 0.3 is 0 Å². The second kappa shape index (κ2) is 13.6. The summed E-state index contributed by atoms with van der Waals surface area (Å²) in [6.45, 7) is 11.2. The highest BCUT2D eigenvalue weighted by Gasteiger charge is 2.36. The smallest absolute Gasteiger partial charge is 0.191 e. The SMILES string of the molecule is CCNC(=NCc1ccc(CN2CCN(C)CC2)cc1)NCC1(CCOC)CCC1.I. The van der Waals surface area contributed by atoms with Crippen molar-refractivity contribution in [1.29, 1.82) is 0 Å². The molecule has 0 atom stereocenters. The molecule has 2 fully saturated rings. The summed E-state index contributed by atoms with van der Waals surface area (Å²) in [7, 11) is 4.00. The fourth-order valence-corrected chi connectivity index (χ4v) is 4.31. The molecule has 1 aliphatic heterocycles. The number of aliphatic imine (C=N–C) groups is 1. The van der Waals surface area contributed by atoms with Crippen molar-refractivity contribution in [1.82, 2.24) is 20.4 Å². The zero-order valence-corrected chi connectivity index (χ0v) is 22.0. The van der Waals surface area contributed by atoms with Crippen molar-refractivity contribution in [3.8, 4) is 0 Å². The van der Waals surface area contributed by atoms with Gasteiger partial charge in [-0.2, -0.15) is 0 Å². The first kappa shape index (κ1) is 26.4. The number of hydrogen-bond donors (Lipinski definition) is 2. The minimum Gasteiger partial charge on any atom is -0.385 e. The molecule has 0 spiro atoms. The molecule has 1 aromatic rings. The van der Waals surface area contributed by atoms with Gasteiger partial charge in [-0.25, -0.2) is 4.99 Å². The molecule has 1 saturated heterocycles. The number of likely N-dealkylation sites (N-methyl/N-ethyl adjacent to an activating group) is 1. The summed E-state index contributed by atoms with van der Waals surface area (Å²) in [5.74, 6) is 0.919. The van der Waals surface area contributed by atoms with E-state index < -0.39 is 0 Å². The summed E-state index contributed by atoms with van der Waals surface area (Å²) < 4.78 is 5.32. The molecule has 6 nitrogen and oxygen atoms in total. The Morgan fingerprint density at radius 2 is 1.74 bits per heavy atom. The van der Waals surface area contributed by atoms with E-state index in [4.69, 9.17) is 9.73 Å². The van der Waals surface area contributed by atoms with E-state index in [0.29, 0.717) is 12.0 Å². The molecule has 0 unspecified atom stereocenters. The van der Waals surface area contributed by atoms with Crippen molar-refractivity contribution in [2.24, 2.45) is 10.4 Å². The summed E-state index contributed by atoms with van der Waals surface area (Å²) in [6.07, 6.45) is 5.04. The maximum absolute atomic E-state index is 5.32. The van der Waals surface area contributed by atoms with Crippen LogP contribution in [0.3, 0.4) is 0 Å². The number of ether oxygens (including phenoxy) is 1. The minimum atomic E-state index is 0. The van der Waals surface area contributed by atoms with Crippen molar-refractivity contribution >= 4 is 29.9 Å². The van der Waals surface area contributed by atoms with Crippen molar-refractivity contribution < 1.29 is 4.74 Å². The summed E-state index contributed by atoms with van der Waals surface area (Å²) >= 11 is 0. The van der Waals surface area contributed by atoms with E-state index in [9.17, 15) is 0 Å². The lowest BCUT2D eigenvalue weighted by molar-refractivity contribution is 0.0732. The maximum atomic E-state index is 5.32. The second-order valence-corrected chi connectivity index (χ2v) is 9.04. The fourth-order valence-electron chi connectivity index (χ4n) is 4.31. The molecule has 1 saturated carbocycles. The Morgan fingerprint density at radius 3 is 2.32 bits per heavy atom. The average molecular weight is 544 g/mol. The normalized spacial score (nSPS) is 19.4. The average Bonchev–Trinajstić information content (AvgIpc) is 2.73. The number of hydrogen-bond acceptors (Lipinski definition) is 4. The molecular weight excluding hydrogens is 501 g/mol. The lowest BCUT2D eigenvalue weighted by Crippen LogP contribution is -2.46. The van der Waals surface area contributed by atoms with Gasteiger partial charge in [0.25, 0.3) is 0 Å². The summed E-state index contributed by atoms with van der Waals surface area (Å²) in [4.78, 5) is 9.77. The third-order valence-corrected chi connectivity index (χ3v) is 6.67. The van der Waals surface area contributed by atoms with Crippen molar-refractivity contribution in [3.63, 3.8) is 0 Å². The standard InChI is InChI=1S/C24H41N5O.HI/c1-4-25-23(27-20-24(10-5-11-24)12-17-30-3)26-18-21-6-8-22(9-7-21)19-29-15-13-28(2)14-16-29;/h6-9H,4-5,10-20H2,1-3H3,(H2,25,26,27);1H. The van der Waals surface area contributed by atoms with Gasteiger partial charge in [0, 0.05) is 59.5 Å². The number of nitrogens with zero attached hydrogens (tertiary/aromatic N) is 3. The van der Waals surface area contributed by atoms with Gasteiger partial charge in [-0.3, -0.25) is 4.90 Å². The molecule has 1 heterocycles. The molecule has 31 heavy (non-hydrogen) atoms. The van der Waals surface area contributed by atoms with Crippen LogP contribution in [-0.4, -0.2) is 75.8 Å². The van der Waals surface area contributed by atoms with E-state index in [0.717, 1.165) is 51.7 Å². The molecular formula is C24H42IN5O. The summed E-state index contributed by atoms with van der Waals surface area (Å²) in [5.41, 5.74) is 3.03. The van der Waals surface area contributed by atoms with Crippen LogP contribution in [0.2, 0.25) is 0 Å². The first-order valence-corrected chi connectivity index (χ1v) is 11.6. The Morgan fingerprint density at radius 1 is 1.06 bits per heavy atom. The minimum absolute atomic E-state index is 0. The van der Waals surface area contributed by atoms with Gasteiger partial charge in [-0.05, 0) is 49.8 Å². The van der Waals surface area contributed by atoms with Crippen LogP contribution in [0.4, 0.5) is 0 Å². The fraction of sp³-hybridized carbons (Fsp3) is 0.708. The van der Waals surface area contributed by atoms with Gasteiger partial charge in [0.1, 0.15) is 0 Å². The molecule has 2 aliphatic rings. The maximum Gasteiger partial charge on any atom is 0.191 e. The zero-order chi connectivity index (χ0) is 21.2. The number of halogens is 1. The predicted molar refractivity (Wildman–Crippen MR) is 140 cm³/mol. The lowest BCUT2D eigenvalue weighted by Gasteiger charge is -2.42. The number of methoxy groups -OCH3 is 1. The van der Waals surface area contributed by atoms with Crippen molar-refractivity contribution in [2.45, 2.75) is 45.7 Å². The van der Waals surface area contributed by atoms with Crippen LogP contribution in [0.25, 0.3) is 0 Å². The van der Waals surface area contributed by atoms with Crippen molar-refractivity contribution in [3.05, 3.63) is 35.4 Å². The van der Waals surface area contributed by atoms with Crippen LogP contribution in [0.1, 0.15) is 43.7 Å². The van der Waals surface area contributed by atoms with E-state index in [1.165, 1.54) is 43.5 Å². The Labute approximate surface area is 206 Å². The number of piperazine rings is 1. The third-order valence-electron chi connectivity index (χ3n) is 6.67. The molecule has 1 aromatic carbocycles. The van der Waals surface area contributed by atoms with E-state index in [2.05, 4.69) is 58.7 Å². The summed E-state index contributed by atoms with van der Waals surface area (Å²) in [6, 6.07) is 8.98. The number of benzene rings is 1. The highest BCUT2D eigenvalue weighted by atomic mass is 127. The van der Waals surface area contributed by atoms with Crippen LogP contribution < -0.4 is 10.6 Å². The highest BCUT2D eigenvalue weighted by molar-refractivity contribution is 14.0. The lowest BCUT2D eigenvalue weighted by atomic mass is 9.67. The number of rotatable bonds is 10. The van der Waals surface area contributed by atoms with Gasteiger partial charge in [0.15, 0.2) is 5.96 Å². The van der Waals surface area contributed by atoms with E-state index in [1.807, 2.05) is 0 Å². The van der Waals surface area contributed by atoms with E-state index >= 15 is 0 Å². The largest absolute Gasteiger partial charge is 0.385 e. The monoisotopic (exact) mass is 543 g/mol. The summed E-state index contributed by atoms with van der Waals surface area (Å²) in [5, 5.41) is 6.98. The van der Waals surface area contributed by atoms with Gasteiger partial charge in [-0.1, -0.05) is 30.7 Å². The third kappa shape index (κ3) is 8.51. The van der Waals surface area contributed by atoms with Crippen LogP contribution in [-0.2, 0) is 17.8 Å². The van der Waals surface area contributed by atoms with Crippen molar-refractivity contribution in [2.75, 3.05) is 60.0 Å². The molecule has 0 aromatic heterocycles. The Kier molecular flexibility index (Phi) is 11.6. The molecule has 7 heteroatoms. The molecule has 0 bridgehead atoms. The molecule has 1 aliphatic carbocycles. The molecule has 0 radical (unpaired) electrons. The molecule has 176 valence electrons. The highest BCUT2D eigenvalue weighted by Crippen LogP contribution is 2.43. The molecule has 3 rings (SSSR count). The topological polar surface area (TPSA) is 52.1 Å². The number of guanidine groups is 1. The van der Waals surface area contributed by atoms with Gasteiger partial charge < -0.3 is 20.3 Å². The Bertz CT molecular complexity index is 654. The van der Waals surface area contributed by atoms with E-state index in [1.54, 1.807) is 7.11 Å². The second-order valence-electron chi connectivity index (χ2n) is 9.04. The van der Waals surface area contributed by atoms with Gasteiger partial charge in [0.05, 0.1) is 6.54 Å². The van der Waals surface area contributed by atoms with Crippen LogP contribution in [0.15, 0.2) is 29.3 Å². The van der Waals surface area contributed by atoms with Gasteiger partial charge in [0.2, 0.25) is 0 Å². The molecule has 0 amide bonds. The van der Waals surface area contributed by atoms with Crippen LogP contribution in [0.5, 0.6) is 0 Å². The Balaban J connectivity index is 0.00000341.